The number of thioether (sulfide) groups is 1. The minimum absolute atomic E-state index is 0.190. The van der Waals surface area contributed by atoms with Crippen molar-refractivity contribution >= 4 is 11.8 Å². The minimum Gasteiger partial charge on any atom is -0.325 e. The van der Waals surface area contributed by atoms with Gasteiger partial charge in [-0.2, -0.15) is 11.8 Å². The molecule has 0 spiro atoms. The third-order valence-corrected chi connectivity index (χ3v) is 2.23. The summed E-state index contributed by atoms with van der Waals surface area (Å²) in [4.78, 5) is 0. The highest BCUT2D eigenvalue weighted by Crippen LogP contribution is 2.18. The van der Waals surface area contributed by atoms with Crippen molar-refractivity contribution < 1.29 is 4.39 Å². The first-order valence-corrected chi connectivity index (χ1v) is 3.43. The zero-order valence-electron chi connectivity index (χ0n) is 3.93. The number of hydrogen-bond donors (Lipinski definition) is 1. The van der Waals surface area contributed by atoms with Crippen LogP contribution < -0.4 is 5.73 Å². The minimum atomic E-state index is -0.745. The largest absolute Gasteiger partial charge is 0.325 e. The van der Waals surface area contributed by atoms with Crippen molar-refractivity contribution in [3.8, 4) is 0 Å². The van der Waals surface area contributed by atoms with Gasteiger partial charge in [0.25, 0.3) is 0 Å². The van der Waals surface area contributed by atoms with E-state index in [1.807, 2.05) is 0 Å². The fourth-order valence-corrected chi connectivity index (χ4v) is 1.63. The quantitative estimate of drug-likeness (QED) is 0.502. The number of rotatable bonds is 0. The number of hydrogen-bond acceptors (Lipinski definition) is 2. The van der Waals surface area contributed by atoms with E-state index in [2.05, 4.69) is 0 Å². The summed E-state index contributed by atoms with van der Waals surface area (Å²) in [6.07, 6.45) is -0.745. The van der Waals surface area contributed by atoms with E-state index in [1.54, 1.807) is 11.8 Å². The lowest BCUT2D eigenvalue weighted by Crippen LogP contribution is -2.29. The van der Waals surface area contributed by atoms with Gasteiger partial charge in [-0.05, 0) is 0 Å². The lowest BCUT2D eigenvalue weighted by Gasteiger charge is -2.00. The van der Waals surface area contributed by atoms with Gasteiger partial charge in [0.2, 0.25) is 0 Å². The Morgan fingerprint density at radius 1 is 1.57 bits per heavy atom. The molecule has 0 aromatic rings. The number of halogens is 1. The lowest BCUT2D eigenvalue weighted by molar-refractivity contribution is 0.337. The van der Waals surface area contributed by atoms with E-state index in [0.29, 0.717) is 5.75 Å². The molecule has 1 nitrogen and oxygen atoms in total. The molecular formula is C4H8FNS. The van der Waals surface area contributed by atoms with E-state index in [-0.39, 0.29) is 6.04 Å². The van der Waals surface area contributed by atoms with Crippen LogP contribution in [0.1, 0.15) is 0 Å². The summed E-state index contributed by atoms with van der Waals surface area (Å²) in [5.41, 5.74) is 5.28. The molecule has 42 valence electrons. The molecule has 0 aromatic heterocycles. The van der Waals surface area contributed by atoms with E-state index < -0.39 is 6.17 Å². The highest BCUT2D eigenvalue weighted by molar-refractivity contribution is 7.99. The van der Waals surface area contributed by atoms with E-state index in [0.717, 1.165) is 5.75 Å². The molecule has 1 aliphatic rings. The average molecular weight is 121 g/mol. The van der Waals surface area contributed by atoms with Crippen molar-refractivity contribution in [3.05, 3.63) is 0 Å². The molecule has 0 aromatic carbocycles. The van der Waals surface area contributed by atoms with Crippen molar-refractivity contribution in [2.75, 3.05) is 11.5 Å². The second kappa shape index (κ2) is 2.01. The van der Waals surface area contributed by atoms with Crippen LogP contribution in [0, 0.1) is 0 Å². The molecule has 0 radical (unpaired) electrons. The summed E-state index contributed by atoms with van der Waals surface area (Å²) in [6.45, 7) is 0. The van der Waals surface area contributed by atoms with Gasteiger partial charge < -0.3 is 5.73 Å². The van der Waals surface area contributed by atoms with Crippen LogP contribution in [0.2, 0.25) is 0 Å². The predicted octanol–water partition coefficient (Wildman–Crippen LogP) is 0.399. The molecule has 0 bridgehead atoms. The maximum absolute atomic E-state index is 12.2. The van der Waals surface area contributed by atoms with Crippen LogP contribution in [0.3, 0.4) is 0 Å². The molecule has 0 unspecified atom stereocenters. The summed E-state index contributed by atoms with van der Waals surface area (Å²) in [6, 6.07) is -0.190. The van der Waals surface area contributed by atoms with Crippen LogP contribution in [-0.2, 0) is 0 Å². The Morgan fingerprint density at radius 3 is 2.43 bits per heavy atom. The highest BCUT2D eigenvalue weighted by Gasteiger charge is 2.22. The van der Waals surface area contributed by atoms with Crippen molar-refractivity contribution in [2.24, 2.45) is 5.73 Å². The summed E-state index contributed by atoms with van der Waals surface area (Å²) in [5.74, 6) is 1.39. The summed E-state index contributed by atoms with van der Waals surface area (Å²) >= 11 is 1.59. The first-order valence-electron chi connectivity index (χ1n) is 2.28. The first-order chi connectivity index (χ1) is 3.30. The molecule has 0 saturated carbocycles. The third kappa shape index (κ3) is 1.07. The molecule has 3 heteroatoms. The van der Waals surface area contributed by atoms with Crippen LogP contribution in [-0.4, -0.2) is 23.7 Å². The number of nitrogens with two attached hydrogens (primary N) is 1. The molecule has 7 heavy (non-hydrogen) atoms. The lowest BCUT2D eigenvalue weighted by atomic mass is 10.3. The topological polar surface area (TPSA) is 26.0 Å². The zero-order chi connectivity index (χ0) is 5.28. The van der Waals surface area contributed by atoms with Gasteiger partial charge in [0, 0.05) is 17.5 Å². The van der Waals surface area contributed by atoms with Crippen LogP contribution >= 0.6 is 11.8 Å². The Bertz CT molecular complexity index is 60.7. The second-order valence-corrected chi connectivity index (χ2v) is 2.79. The first kappa shape index (κ1) is 5.38. The molecule has 0 aliphatic carbocycles. The van der Waals surface area contributed by atoms with E-state index in [1.165, 1.54) is 0 Å². The molecule has 0 amide bonds. The standard InChI is InChI=1S/C4H8FNS/c5-3-1-7-2-4(3)6/h3-4H,1-2,6H2/t3-,4-/m1/s1. The van der Waals surface area contributed by atoms with Gasteiger partial charge in [0.05, 0.1) is 0 Å². The molecule has 2 N–H and O–H groups in total. The normalized spacial score (nSPS) is 42.0. The fraction of sp³-hybridized carbons (Fsp3) is 1.00. The van der Waals surface area contributed by atoms with Gasteiger partial charge >= 0.3 is 0 Å². The fourth-order valence-electron chi connectivity index (χ4n) is 0.545. The van der Waals surface area contributed by atoms with Gasteiger partial charge in [0.1, 0.15) is 6.17 Å². The van der Waals surface area contributed by atoms with Crippen LogP contribution in [0.4, 0.5) is 4.39 Å². The van der Waals surface area contributed by atoms with Crippen molar-refractivity contribution in [2.45, 2.75) is 12.2 Å². The third-order valence-electron chi connectivity index (χ3n) is 1.05. The molecule has 1 rings (SSSR count). The Labute approximate surface area is 46.5 Å². The molecule has 1 aliphatic heterocycles. The Kier molecular flexibility index (Phi) is 1.54. The van der Waals surface area contributed by atoms with Gasteiger partial charge in [-0.3, -0.25) is 0 Å². The second-order valence-electron chi connectivity index (χ2n) is 1.72. The predicted molar refractivity (Wildman–Crippen MR) is 30.2 cm³/mol. The van der Waals surface area contributed by atoms with Crippen molar-refractivity contribution in [1.82, 2.24) is 0 Å². The van der Waals surface area contributed by atoms with Gasteiger partial charge in [-0.25, -0.2) is 4.39 Å². The molecule has 2 atom stereocenters. The van der Waals surface area contributed by atoms with E-state index in [9.17, 15) is 4.39 Å². The highest BCUT2D eigenvalue weighted by atomic mass is 32.2. The maximum Gasteiger partial charge on any atom is 0.125 e. The average Bonchev–Trinajstić information content (AvgIpc) is 1.91. The van der Waals surface area contributed by atoms with Crippen LogP contribution in [0.25, 0.3) is 0 Å². The molecule has 1 fully saturated rings. The van der Waals surface area contributed by atoms with Gasteiger partial charge in [-0.15, -0.1) is 0 Å². The van der Waals surface area contributed by atoms with Crippen molar-refractivity contribution in [3.63, 3.8) is 0 Å². The number of alkyl halides is 1. The van der Waals surface area contributed by atoms with E-state index >= 15 is 0 Å². The Balaban J connectivity index is 2.33. The van der Waals surface area contributed by atoms with E-state index in [4.69, 9.17) is 5.73 Å². The van der Waals surface area contributed by atoms with Gasteiger partial charge in [-0.1, -0.05) is 0 Å². The Morgan fingerprint density at radius 2 is 2.29 bits per heavy atom. The van der Waals surface area contributed by atoms with Crippen LogP contribution in [0.5, 0.6) is 0 Å². The summed E-state index contributed by atoms with van der Waals surface area (Å²) in [7, 11) is 0. The summed E-state index contributed by atoms with van der Waals surface area (Å²) in [5, 5.41) is 0. The molecular weight excluding hydrogens is 113 g/mol. The van der Waals surface area contributed by atoms with Crippen molar-refractivity contribution in [1.29, 1.82) is 0 Å². The monoisotopic (exact) mass is 121 g/mol. The molecule has 1 saturated heterocycles. The van der Waals surface area contributed by atoms with Crippen LogP contribution in [0.15, 0.2) is 0 Å². The smallest absolute Gasteiger partial charge is 0.125 e. The molecule has 1 heterocycles. The van der Waals surface area contributed by atoms with Gasteiger partial charge in [0.15, 0.2) is 0 Å². The maximum atomic E-state index is 12.2. The summed E-state index contributed by atoms with van der Waals surface area (Å²) < 4.78 is 12.2. The SMILES string of the molecule is N[C@@H]1CSC[C@H]1F. The zero-order valence-corrected chi connectivity index (χ0v) is 4.75. The Hall–Kier alpha value is 0.240.